The molecule has 1 aromatic carbocycles. The van der Waals surface area contributed by atoms with Crippen LogP contribution in [0, 0.1) is 10.1 Å². The molecule has 5 nitrogen and oxygen atoms in total. The second-order valence-electron chi connectivity index (χ2n) is 5.31. The number of anilines is 1. The van der Waals surface area contributed by atoms with Crippen molar-refractivity contribution in [2.75, 3.05) is 4.90 Å². The van der Waals surface area contributed by atoms with Gasteiger partial charge in [0, 0.05) is 28.7 Å². The first-order valence-electron chi connectivity index (χ1n) is 6.46. The third kappa shape index (κ3) is 2.23. The number of rotatable bonds is 2. The Bertz CT molecular complexity index is 509. The molecule has 0 aliphatic carbocycles. The van der Waals surface area contributed by atoms with E-state index in [-0.39, 0.29) is 16.7 Å². The fraction of sp³-hybridized carbons (Fsp3) is 0.538. The summed E-state index contributed by atoms with van der Waals surface area (Å²) >= 11 is 3.44. The number of nitro groups is 1. The zero-order valence-corrected chi connectivity index (χ0v) is 11.9. The average molecular weight is 327 g/mol. The maximum absolute atomic E-state index is 10.8. The SMILES string of the molecule is O=[N+]([O-])c1ccc(N2C3CCC2CC(O)C3)c(Br)c1. The largest absolute Gasteiger partial charge is 0.393 e. The highest BCUT2D eigenvalue weighted by Gasteiger charge is 2.40. The second kappa shape index (κ2) is 4.76. The molecular formula is C13H15BrN2O3. The van der Waals surface area contributed by atoms with Gasteiger partial charge in [0.05, 0.1) is 16.7 Å². The number of halogens is 1. The van der Waals surface area contributed by atoms with Crippen LogP contribution in [0.15, 0.2) is 22.7 Å². The van der Waals surface area contributed by atoms with Crippen molar-refractivity contribution in [2.24, 2.45) is 0 Å². The molecule has 0 spiro atoms. The first kappa shape index (κ1) is 12.9. The molecular weight excluding hydrogens is 312 g/mol. The molecule has 2 atom stereocenters. The van der Waals surface area contributed by atoms with E-state index in [0.717, 1.165) is 35.8 Å². The van der Waals surface area contributed by atoms with E-state index in [1.54, 1.807) is 12.1 Å². The molecule has 2 aliphatic heterocycles. The van der Waals surface area contributed by atoms with Gasteiger partial charge in [-0.25, -0.2) is 0 Å². The summed E-state index contributed by atoms with van der Waals surface area (Å²) in [7, 11) is 0. The number of hydrogen-bond donors (Lipinski definition) is 1. The normalized spacial score (nSPS) is 29.6. The molecule has 6 heteroatoms. The first-order chi connectivity index (χ1) is 9.06. The van der Waals surface area contributed by atoms with Crippen LogP contribution in [0.2, 0.25) is 0 Å². The van der Waals surface area contributed by atoms with Crippen LogP contribution in [0.1, 0.15) is 25.7 Å². The summed E-state index contributed by atoms with van der Waals surface area (Å²) in [6.45, 7) is 0. The Morgan fingerprint density at radius 1 is 1.32 bits per heavy atom. The highest BCUT2D eigenvalue weighted by Crippen LogP contribution is 2.42. The topological polar surface area (TPSA) is 66.6 Å². The zero-order chi connectivity index (χ0) is 13.6. The van der Waals surface area contributed by atoms with Gasteiger partial charge < -0.3 is 10.0 Å². The van der Waals surface area contributed by atoms with Gasteiger partial charge >= 0.3 is 0 Å². The van der Waals surface area contributed by atoms with Gasteiger partial charge in [-0.2, -0.15) is 0 Å². The molecule has 19 heavy (non-hydrogen) atoms. The third-order valence-electron chi connectivity index (χ3n) is 4.13. The minimum atomic E-state index is -0.386. The molecule has 0 saturated carbocycles. The Balaban J connectivity index is 1.93. The van der Waals surface area contributed by atoms with E-state index in [1.807, 2.05) is 6.07 Å². The smallest absolute Gasteiger partial charge is 0.270 e. The van der Waals surface area contributed by atoms with Crippen LogP contribution in [0.4, 0.5) is 11.4 Å². The minimum Gasteiger partial charge on any atom is -0.393 e. The lowest BCUT2D eigenvalue weighted by molar-refractivity contribution is -0.384. The summed E-state index contributed by atoms with van der Waals surface area (Å²) in [5, 5.41) is 20.6. The van der Waals surface area contributed by atoms with E-state index in [1.165, 1.54) is 0 Å². The van der Waals surface area contributed by atoms with E-state index >= 15 is 0 Å². The summed E-state index contributed by atoms with van der Waals surface area (Å²) < 4.78 is 0.759. The fourth-order valence-corrected chi connectivity index (χ4v) is 3.93. The van der Waals surface area contributed by atoms with Crippen LogP contribution in [0.5, 0.6) is 0 Å². The number of hydrogen-bond acceptors (Lipinski definition) is 4. The van der Waals surface area contributed by atoms with Crippen molar-refractivity contribution in [3.05, 3.63) is 32.8 Å². The van der Waals surface area contributed by atoms with Gasteiger partial charge in [0.1, 0.15) is 0 Å². The highest BCUT2D eigenvalue weighted by atomic mass is 79.9. The van der Waals surface area contributed by atoms with Gasteiger partial charge in [-0.3, -0.25) is 10.1 Å². The van der Waals surface area contributed by atoms with Gasteiger partial charge in [0.25, 0.3) is 5.69 Å². The molecule has 3 rings (SSSR count). The molecule has 2 aliphatic rings. The number of nitro benzene ring substituents is 1. The molecule has 2 saturated heterocycles. The maximum atomic E-state index is 10.8. The van der Waals surface area contributed by atoms with Crippen molar-refractivity contribution < 1.29 is 10.0 Å². The van der Waals surface area contributed by atoms with E-state index in [2.05, 4.69) is 20.8 Å². The van der Waals surface area contributed by atoms with Crippen LogP contribution in [-0.4, -0.2) is 28.2 Å². The van der Waals surface area contributed by atoms with Gasteiger partial charge in [-0.05, 0) is 47.7 Å². The predicted molar refractivity (Wildman–Crippen MR) is 75.3 cm³/mol. The number of aliphatic hydroxyl groups is 1. The monoisotopic (exact) mass is 326 g/mol. The summed E-state index contributed by atoms with van der Waals surface area (Å²) in [5.41, 5.74) is 1.10. The van der Waals surface area contributed by atoms with Crippen LogP contribution in [-0.2, 0) is 0 Å². The molecule has 102 valence electrons. The Hall–Kier alpha value is -1.14. The molecule has 2 unspecified atom stereocenters. The molecule has 0 amide bonds. The Kier molecular flexibility index (Phi) is 3.22. The van der Waals surface area contributed by atoms with Crippen molar-refractivity contribution in [2.45, 2.75) is 43.9 Å². The lowest BCUT2D eigenvalue weighted by atomic mass is 9.99. The molecule has 2 heterocycles. The maximum Gasteiger partial charge on any atom is 0.270 e. The molecule has 2 fully saturated rings. The molecule has 1 N–H and O–H groups in total. The third-order valence-corrected chi connectivity index (χ3v) is 4.76. The van der Waals surface area contributed by atoms with Crippen molar-refractivity contribution in [1.29, 1.82) is 0 Å². The summed E-state index contributed by atoms with van der Waals surface area (Å²) in [5.74, 6) is 0. The van der Waals surface area contributed by atoms with Crippen molar-refractivity contribution in [3.8, 4) is 0 Å². The number of aliphatic hydroxyl groups excluding tert-OH is 1. The number of non-ortho nitro benzene ring substituents is 1. The van der Waals surface area contributed by atoms with Crippen LogP contribution >= 0.6 is 15.9 Å². The second-order valence-corrected chi connectivity index (χ2v) is 6.16. The zero-order valence-electron chi connectivity index (χ0n) is 10.3. The van der Waals surface area contributed by atoms with Crippen molar-refractivity contribution >= 4 is 27.3 Å². The van der Waals surface area contributed by atoms with E-state index in [9.17, 15) is 15.2 Å². The van der Waals surface area contributed by atoms with Gasteiger partial charge in [0.2, 0.25) is 0 Å². The summed E-state index contributed by atoms with van der Waals surface area (Å²) in [6, 6.07) is 5.62. The van der Waals surface area contributed by atoms with Crippen LogP contribution in [0.3, 0.4) is 0 Å². The molecule has 0 radical (unpaired) electrons. The van der Waals surface area contributed by atoms with Gasteiger partial charge in [0.15, 0.2) is 0 Å². The molecule has 2 bridgehead atoms. The van der Waals surface area contributed by atoms with E-state index in [4.69, 9.17) is 0 Å². The lowest BCUT2D eigenvalue weighted by Crippen LogP contribution is -2.44. The predicted octanol–water partition coefficient (Wildman–Crippen LogP) is 2.85. The number of benzene rings is 1. The number of piperidine rings is 1. The highest BCUT2D eigenvalue weighted by molar-refractivity contribution is 9.10. The van der Waals surface area contributed by atoms with E-state index < -0.39 is 0 Å². The first-order valence-corrected chi connectivity index (χ1v) is 7.26. The molecule has 0 aromatic heterocycles. The quantitative estimate of drug-likeness (QED) is 0.670. The van der Waals surface area contributed by atoms with Crippen molar-refractivity contribution in [3.63, 3.8) is 0 Å². The minimum absolute atomic E-state index is 0.0972. The Morgan fingerprint density at radius 2 is 1.95 bits per heavy atom. The van der Waals surface area contributed by atoms with Gasteiger partial charge in [-0.15, -0.1) is 0 Å². The Labute approximate surface area is 119 Å². The standard InChI is InChI=1S/C13H15BrN2O3/c14-12-7-10(16(18)19)3-4-13(12)15-8-1-2-9(15)6-11(17)5-8/h3-4,7-9,11,17H,1-2,5-6H2. The van der Waals surface area contributed by atoms with Crippen molar-refractivity contribution in [1.82, 2.24) is 0 Å². The average Bonchev–Trinajstić information content (AvgIpc) is 2.62. The Morgan fingerprint density at radius 3 is 2.47 bits per heavy atom. The van der Waals surface area contributed by atoms with Gasteiger partial charge in [-0.1, -0.05) is 0 Å². The molecule has 1 aromatic rings. The fourth-order valence-electron chi connectivity index (χ4n) is 3.36. The lowest BCUT2D eigenvalue weighted by Gasteiger charge is -2.39. The van der Waals surface area contributed by atoms with E-state index in [0.29, 0.717) is 12.1 Å². The van der Waals surface area contributed by atoms with Crippen LogP contribution < -0.4 is 4.90 Å². The summed E-state index contributed by atoms with van der Waals surface area (Å²) in [6.07, 6.45) is 3.56. The van der Waals surface area contributed by atoms with Crippen LogP contribution in [0.25, 0.3) is 0 Å². The summed E-state index contributed by atoms with van der Waals surface area (Å²) in [4.78, 5) is 12.7. The number of nitrogens with zero attached hydrogens (tertiary/aromatic N) is 2. The number of fused-ring (bicyclic) bond motifs is 2.